The smallest absolute Gasteiger partial charge is 0.248 e. The van der Waals surface area contributed by atoms with E-state index in [4.69, 9.17) is 11.6 Å². The molecule has 0 heterocycles. The molecule has 0 saturated carbocycles. The van der Waals surface area contributed by atoms with Gasteiger partial charge in [0.05, 0.1) is 0 Å². The molecule has 72 valence electrons. The Morgan fingerprint density at radius 1 is 1.38 bits per heavy atom. The predicted molar refractivity (Wildman–Crippen MR) is 58.1 cm³/mol. The van der Waals surface area contributed by atoms with Crippen molar-refractivity contribution in [3.8, 4) is 0 Å². The predicted octanol–water partition coefficient (Wildman–Crippen LogP) is 3.79. The SMILES string of the molecule is OC(c1ccccc1Cl)C(F)(Br)Br. The monoisotopic (exact) mass is 330 g/mol. The number of rotatable bonds is 2. The van der Waals surface area contributed by atoms with E-state index in [1.54, 1.807) is 24.3 Å². The first-order valence-corrected chi connectivity index (χ1v) is 5.38. The van der Waals surface area contributed by atoms with Crippen LogP contribution in [0.3, 0.4) is 0 Å². The second-order valence-corrected chi connectivity index (χ2v) is 6.25. The zero-order valence-electron chi connectivity index (χ0n) is 6.35. The van der Waals surface area contributed by atoms with Gasteiger partial charge in [-0.05, 0) is 37.9 Å². The summed E-state index contributed by atoms with van der Waals surface area (Å²) in [6.07, 6.45) is -1.35. The van der Waals surface area contributed by atoms with Crippen LogP contribution in [-0.2, 0) is 0 Å². The molecule has 1 N–H and O–H groups in total. The molecule has 1 nitrogen and oxygen atoms in total. The second kappa shape index (κ2) is 4.26. The summed E-state index contributed by atoms with van der Waals surface area (Å²) in [7, 11) is 0. The Balaban J connectivity index is 3.02. The van der Waals surface area contributed by atoms with E-state index >= 15 is 0 Å². The van der Waals surface area contributed by atoms with Crippen LogP contribution in [0.1, 0.15) is 11.7 Å². The van der Waals surface area contributed by atoms with Crippen LogP contribution in [-0.4, -0.2) is 8.59 Å². The number of aliphatic hydroxyl groups excluding tert-OH is 1. The number of hydrogen-bond acceptors (Lipinski definition) is 1. The Labute approximate surface area is 97.2 Å². The molecule has 1 rings (SSSR count). The highest BCUT2D eigenvalue weighted by molar-refractivity contribution is 9.25. The van der Waals surface area contributed by atoms with Gasteiger partial charge in [0, 0.05) is 10.6 Å². The van der Waals surface area contributed by atoms with Gasteiger partial charge >= 0.3 is 0 Å². The van der Waals surface area contributed by atoms with E-state index in [9.17, 15) is 9.50 Å². The summed E-state index contributed by atoms with van der Waals surface area (Å²) in [6.45, 7) is 0. The van der Waals surface area contributed by atoms with Gasteiger partial charge in [-0.3, -0.25) is 0 Å². The normalized spacial score (nSPS) is 14.2. The molecule has 0 aliphatic rings. The maximum absolute atomic E-state index is 13.2. The summed E-state index contributed by atoms with van der Waals surface area (Å²) in [5.74, 6) is 0. The average molecular weight is 332 g/mol. The highest BCUT2D eigenvalue weighted by atomic mass is 79.9. The van der Waals surface area contributed by atoms with Crippen LogP contribution in [0.4, 0.5) is 4.39 Å². The van der Waals surface area contributed by atoms with Gasteiger partial charge in [-0.25, -0.2) is 4.39 Å². The zero-order chi connectivity index (χ0) is 10.1. The number of halogens is 4. The molecular formula is C8H6Br2ClFO. The lowest BCUT2D eigenvalue weighted by Crippen LogP contribution is -2.16. The van der Waals surface area contributed by atoms with Gasteiger partial charge in [0.1, 0.15) is 6.10 Å². The van der Waals surface area contributed by atoms with Gasteiger partial charge < -0.3 is 5.11 Å². The molecule has 0 fully saturated rings. The molecule has 0 radical (unpaired) electrons. The van der Waals surface area contributed by atoms with Crippen molar-refractivity contribution in [2.75, 3.05) is 0 Å². The molecule has 1 atom stereocenters. The van der Waals surface area contributed by atoms with Crippen molar-refractivity contribution in [1.82, 2.24) is 0 Å². The molecule has 0 aromatic heterocycles. The highest BCUT2D eigenvalue weighted by Gasteiger charge is 2.34. The average Bonchev–Trinajstić information content (AvgIpc) is 2.02. The molecule has 1 aromatic carbocycles. The van der Waals surface area contributed by atoms with Gasteiger partial charge in [-0.2, -0.15) is 0 Å². The topological polar surface area (TPSA) is 20.2 Å². The third kappa shape index (κ3) is 2.91. The van der Waals surface area contributed by atoms with E-state index in [0.29, 0.717) is 10.6 Å². The van der Waals surface area contributed by atoms with Crippen molar-refractivity contribution >= 4 is 43.5 Å². The molecule has 1 aromatic rings. The second-order valence-electron chi connectivity index (χ2n) is 2.47. The minimum Gasteiger partial charge on any atom is -0.383 e. The van der Waals surface area contributed by atoms with Crippen LogP contribution in [0.25, 0.3) is 0 Å². The van der Waals surface area contributed by atoms with Crippen molar-refractivity contribution in [3.63, 3.8) is 0 Å². The Morgan fingerprint density at radius 2 is 1.92 bits per heavy atom. The minimum absolute atomic E-state index is 0.330. The van der Waals surface area contributed by atoms with Crippen molar-refractivity contribution in [2.45, 2.75) is 9.59 Å². The third-order valence-corrected chi connectivity index (χ3v) is 2.72. The van der Waals surface area contributed by atoms with Gasteiger partial charge in [0.25, 0.3) is 0 Å². The Bertz CT molecular complexity index is 300. The summed E-state index contributed by atoms with van der Waals surface area (Å²) in [6, 6.07) is 6.53. The van der Waals surface area contributed by atoms with Crippen LogP contribution in [0.2, 0.25) is 5.02 Å². The maximum Gasteiger partial charge on any atom is 0.248 e. The number of alkyl halides is 3. The lowest BCUT2D eigenvalue weighted by atomic mass is 10.1. The lowest BCUT2D eigenvalue weighted by molar-refractivity contribution is 0.114. The van der Waals surface area contributed by atoms with E-state index in [0.717, 1.165) is 0 Å². The van der Waals surface area contributed by atoms with E-state index in [1.165, 1.54) is 0 Å². The first kappa shape index (κ1) is 11.4. The van der Waals surface area contributed by atoms with Crippen molar-refractivity contribution < 1.29 is 9.50 Å². The molecule has 0 saturated heterocycles. The minimum atomic E-state index is -2.05. The summed E-state index contributed by atoms with van der Waals surface area (Å²) in [5, 5.41) is 9.81. The van der Waals surface area contributed by atoms with Crippen LogP contribution < -0.4 is 0 Å². The fraction of sp³-hybridized carbons (Fsp3) is 0.250. The van der Waals surface area contributed by atoms with Crippen LogP contribution in [0, 0.1) is 0 Å². The molecule has 13 heavy (non-hydrogen) atoms. The molecular weight excluding hydrogens is 326 g/mol. The zero-order valence-corrected chi connectivity index (χ0v) is 10.3. The van der Waals surface area contributed by atoms with E-state index in [-0.39, 0.29) is 0 Å². The molecule has 0 spiro atoms. The van der Waals surface area contributed by atoms with E-state index < -0.39 is 9.59 Å². The van der Waals surface area contributed by atoms with Crippen molar-refractivity contribution in [3.05, 3.63) is 34.9 Å². The highest BCUT2D eigenvalue weighted by Crippen LogP contribution is 2.42. The molecule has 1 unspecified atom stereocenters. The Hall–Kier alpha value is 0.360. The fourth-order valence-electron chi connectivity index (χ4n) is 0.873. The third-order valence-electron chi connectivity index (χ3n) is 1.51. The van der Waals surface area contributed by atoms with Gasteiger partial charge in [-0.15, -0.1) is 0 Å². The molecule has 5 heteroatoms. The molecule has 0 aliphatic carbocycles. The number of aliphatic hydroxyl groups is 1. The first-order valence-electron chi connectivity index (χ1n) is 3.42. The van der Waals surface area contributed by atoms with Crippen molar-refractivity contribution in [2.24, 2.45) is 0 Å². The van der Waals surface area contributed by atoms with E-state index in [2.05, 4.69) is 31.9 Å². The Kier molecular flexibility index (Phi) is 3.74. The lowest BCUT2D eigenvalue weighted by Gasteiger charge is -2.19. The van der Waals surface area contributed by atoms with Crippen LogP contribution in [0.5, 0.6) is 0 Å². The fourth-order valence-corrected chi connectivity index (χ4v) is 1.61. The Morgan fingerprint density at radius 3 is 2.38 bits per heavy atom. The molecule has 0 amide bonds. The van der Waals surface area contributed by atoms with E-state index in [1.807, 2.05) is 0 Å². The van der Waals surface area contributed by atoms with Gasteiger partial charge in [0.15, 0.2) is 0 Å². The number of benzene rings is 1. The first-order chi connectivity index (χ1) is 5.93. The van der Waals surface area contributed by atoms with Gasteiger partial charge in [0.2, 0.25) is 3.49 Å². The maximum atomic E-state index is 13.2. The van der Waals surface area contributed by atoms with Crippen molar-refractivity contribution in [1.29, 1.82) is 0 Å². The number of hydrogen-bond donors (Lipinski definition) is 1. The summed E-state index contributed by atoms with van der Waals surface area (Å²) < 4.78 is 11.1. The van der Waals surface area contributed by atoms with Crippen LogP contribution >= 0.6 is 43.5 Å². The largest absolute Gasteiger partial charge is 0.383 e. The standard InChI is InChI=1S/C8H6Br2ClFO/c9-8(10,12)7(13)5-3-1-2-4-6(5)11/h1-4,7,13H. The van der Waals surface area contributed by atoms with Crippen LogP contribution in [0.15, 0.2) is 24.3 Å². The molecule has 0 aliphatic heterocycles. The summed E-state index contributed by atoms with van der Waals surface area (Å²) in [5.41, 5.74) is 0.334. The summed E-state index contributed by atoms with van der Waals surface area (Å²) >= 11 is 11.1. The summed E-state index contributed by atoms with van der Waals surface area (Å²) in [4.78, 5) is 0. The quantitative estimate of drug-likeness (QED) is 0.817. The molecule has 0 bridgehead atoms. The van der Waals surface area contributed by atoms with Gasteiger partial charge in [-0.1, -0.05) is 29.8 Å².